The molecule has 0 aliphatic heterocycles. The van der Waals surface area contributed by atoms with Gasteiger partial charge in [-0.2, -0.15) is 0 Å². The smallest absolute Gasteiger partial charge is 0.119 e. The molecule has 0 atom stereocenters. The summed E-state index contributed by atoms with van der Waals surface area (Å²) in [6.07, 6.45) is 9.20. The van der Waals surface area contributed by atoms with E-state index in [4.69, 9.17) is 18.9 Å². The van der Waals surface area contributed by atoms with Gasteiger partial charge in [0.05, 0.1) is 39.6 Å². The average Bonchev–Trinajstić information content (AvgIpc) is 2.72. The third-order valence-electron chi connectivity index (χ3n) is 4.48. The van der Waals surface area contributed by atoms with Crippen LogP contribution in [-0.4, -0.2) is 59.8 Å². The Labute approximate surface area is 172 Å². The minimum atomic E-state index is 0.559. The summed E-state index contributed by atoms with van der Waals surface area (Å²) in [5.74, 6) is 0.908. The average molecular weight is 396 g/mol. The van der Waals surface area contributed by atoms with E-state index in [9.17, 15) is 0 Å². The number of rotatable bonds is 20. The van der Waals surface area contributed by atoms with Crippen LogP contribution in [-0.2, 0) is 20.6 Å². The third-order valence-corrected chi connectivity index (χ3v) is 4.48. The molecule has 0 radical (unpaired) electrons. The standard InChI is InChI=1S/C23H41NO4/c1-3-4-5-6-7-8-9-22-10-12-23(13-11-22)28-21-20-27-19-18-26-17-16-25-15-14-24-2/h10-13,24H,3-9,14-21H2,1-2H3. The van der Waals surface area contributed by atoms with Gasteiger partial charge in [0.1, 0.15) is 12.4 Å². The van der Waals surface area contributed by atoms with E-state index in [1.807, 2.05) is 7.05 Å². The van der Waals surface area contributed by atoms with E-state index in [1.54, 1.807) is 0 Å². The van der Waals surface area contributed by atoms with Crippen molar-refractivity contribution in [3.8, 4) is 5.75 Å². The van der Waals surface area contributed by atoms with Gasteiger partial charge in [0.25, 0.3) is 0 Å². The highest BCUT2D eigenvalue weighted by atomic mass is 16.6. The van der Waals surface area contributed by atoms with E-state index in [-0.39, 0.29) is 0 Å². The molecule has 0 aliphatic rings. The Hall–Kier alpha value is -1.14. The van der Waals surface area contributed by atoms with Crippen LogP contribution in [0.25, 0.3) is 0 Å². The van der Waals surface area contributed by atoms with Gasteiger partial charge in [-0.3, -0.25) is 0 Å². The molecule has 0 saturated carbocycles. The quantitative estimate of drug-likeness (QED) is 0.335. The third kappa shape index (κ3) is 14.9. The second kappa shape index (κ2) is 19.2. The maximum absolute atomic E-state index is 5.72. The van der Waals surface area contributed by atoms with E-state index in [1.165, 1.54) is 44.1 Å². The topological polar surface area (TPSA) is 49.0 Å². The predicted molar refractivity (Wildman–Crippen MR) is 115 cm³/mol. The van der Waals surface area contributed by atoms with Crippen LogP contribution in [0.5, 0.6) is 5.75 Å². The number of nitrogens with one attached hydrogen (secondary N) is 1. The molecule has 1 aromatic rings. The molecule has 0 unspecified atom stereocenters. The first-order chi connectivity index (χ1) is 13.9. The Morgan fingerprint density at radius 3 is 1.89 bits per heavy atom. The molecular formula is C23H41NO4. The molecule has 5 nitrogen and oxygen atoms in total. The molecule has 0 aliphatic carbocycles. The highest BCUT2D eigenvalue weighted by molar-refractivity contribution is 5.27. The second-order valence-corrected chi connectivity index (χ2v) is 6.95. The largest absolute Gasteiger partial charge is 0.491 e. The van der Waals surface area contributed by atoms with Gasteiger partial charge in [0.15, 0.2) is 0 Å². The number of hydrogen-bond donors (Lipinski definition) is 1. The molecule has 1 aromatic carbocycles. The van der Waals surface area contributed by atoms with Crippen molar-refractivity contribution >= 4 is 0 Å². The molecule has 0 amide bonds. The number of aryl methyl sites for hydroxylation is 1. The molecule has 1 rings (SSSR count). The van der Waals surface area contributed by atoms with Crippen molar-refractivity contribution in [3.63, 3.8) is 0 Å². The Kier molecular flexibility index (Phi) is 17.1. The lowest BCUT2D eigenvalue weighted by Crippen LogP contribution is -2.17. The van der Waals surface area contributed by atoms with Crippen molar-refractivity contribution in [2.75, 3.05) is 59.8 Å². The van der Waals surface area contributed by atoms with Crippen LogP contribution < -0.4 is 10.1 Å². The molecule has 0 heterocycles. The van der Waals surface area contributed by atoms with Gasteiger partial charge in [-0.25, -0.2) is 0 Å². The summed E-state index contributed by atoms with van der Waals surface area (Å²) in [5, 5.41) is 3.03. The first-order valence-electron chi connectivity index (χ1n) is 11.0. The van der Waals surface area contributed by atoms with Crippen LogP contribution in [0, 0.1) is 0 Å². The lowest BCUT2D eigenvalue weighted by atomic mass is 10.0. The Morgan fingerprint density at radius 1 is 0.679 bits per heavy atom. The Morgan fingerprint density at radius 2 is 1.25 bits per heavy atom. The van der Waals surface area contributed by atoms with E-state index in [2.05, 4.69) is 36.5 Å². The summed E-state index contributed by atoms with van der Waals surface area (Å²) in [6, 6.07) is 8.47. The monoisotopic (exact) mass is 395 g/mol. The highest BCUT2D eigenvalue weighted by Crippen LogP contribution is 2.15. The first kappa shape index (κ1) is 24.9. The van der Waals surface area contributed by atoms with Crippen LogP contribution in [0.4, 0.5) is 0 Å². The summed E-state index contributed by atoms with van der Waals surface area (Å²) < 4.78 is 22.0. The lowest BCUT2D eigenvalue weighted by Gasteiger charge is -2.09. The van der Waals surface area contributed by atoms with E-state index < -0.39 is 0 Å². The summed E-state index contributed by atoms with van der Waals surface area (Å²) >= 11 is 0. The highest BCUT2D eigenvalue weighted by Gasteiger charge is 1.98. The lowest BCUT2D eigenvalue weighted by molar-refractivity contribution is 0.0100. The van der Waals surface area contributed by atoms with Gasteiger partial charge < -0.3 is 24.3 Å². The molecule has 28 heavy (non-hydrogen) atoms. The van der Waals surface area contributed by atoms with Crippen LogP contribution >= 0.6 is 0 Å². The zero-order chi connectivity index (χ0) is 20.1. The van der Waals surface area contributed by atoms with E-state index in [0.29, 0.717) is 46.2 Å². The van der Waals surface area contributed by atoms with E-state index in [0.717, 1.165) is 18.7 Å². The number of benzene rings is 1. The van der Waals surface area contributed by atoms with Gasteiger partial charge in [0, 0.05) is 6.54 Å². The zero-order valence-electron chi connectivity index (χ0n) is 18.0. The molecule has 162 valence electrons. The Bertz CT molecular complexity index is 439. The van der Waals surface area contributed by atoms with Crippen molar-refractivity contribution in [3.05, 3.63) is 29.8 Å². The molecule has 0 fully saturated rings. The van der Waals surface area contributed by atoms with Crippen LogP contribution in [0.15, 0.2) is 24.3 Å². The zero-order valence-corrected chi connectivity index (χ0v) is 18.0. The van der Waals surface area contributed by atoms with Crippen molar-refractivity contribution in [2.24, 2.45) is 0 Å². The maximum Gasteiger partial charge on any atom is 0.119 e. The Balaban J connectivity index is 1.91. The normalized spacial score (nSPS) is 11.1. The molecule has 0 saturated heterocycles. The van der Waals surface area contributed by atoms with Gasteiger partial charge in [0.2, 0.25) is 0 Å². The van der Waals surface area contributed by atoms with Crippen molar-refractivity contribution in [2.45, 2.75) is 51.9 Å². The summed E-state index contributed by atoms with van der Waals surface area (Å²) in [5.41, 5.74) is 1.39. The van der Waals surface area contributed by atoms with Gasteiger partial charge in [-0.1, -0.05) is 51.2 Å². The summed E-state index contributed by atoms with van der Waals surface area (Å²) in [4.78, 5) is 0. The van der Waals surface area contributed by atoms with Gasteiger partial charge in [-0.05, 0) is 37.6 Å². The first-order valence-corrected chi connectivity index (χ1v) is 11.0. The van der Waals surface area contributed by atoms with Crippen LogP contribution in [0.2, 0.25) is 0 Å². The van der Waals surface area contributed by atoms with Crippen molar-refractivity contribution in [1.82, 2.24) is 5.32 Å². The fourth-order valence-corrected chi connectivity index (χ4v) is 2.80. The number of hydrogen-bond acceptors (Lipinski definition) is 5. The molecule has 0 aromatic heterocycles. The maximum atomic E-state index is 5.72. The summed E-state index contributed by atoms with van der Waals surface area (Å²) in [6.45, 7) is 7.37. The predicted octanol–water partition coefficient (Wildman–Crippen LogP) is 4.24. The number of likely N-dealkylation sites (N-methyl/N-ethyl adjacent to an activating group) is 1. The fourth-order valence-electron chi connectivity index (χ4n) is 2.80. The summed E-state index contributed by atoms with van der Waals surface area (Å²) in [7, 11) is 1.91. The molecular weight excluding hydrogens is 354 g/mol. The van der Waals surface area contributed by atoms with Gasteiger partial charge >= 0.3 is 0 Å². The SMILES string of the molecule is CCCCCCCCc1ccc(OCCOCCOCCOCCNC)cc1. The number of unbranched alkanes of at least 4 members (excludes halogenated alkanes) is 5. The molecule has 0 bridgehead atoms. The second-order valence-electron chi connectivity index (χ2n) is 6.95. The molecule has 5 heteroatoms. The molecule has 1 N–H and O–H groups in total. The molecule has 0 spiro atoms. The van der Waals surface area contributed by atoms with Crippen LogP contribution in [0.1, 0.15) is 51.0 Å². The van der Waals surface area contributed by atoms with Gasteiger partial charge in [-0.15, -0.1) is 0 Å². The number of ether oxygens (including phenoxy) is 4. The van der Waals surface area contributed by atoms with Crippen molar-refractivity contribution in [1.29, 1.82) is 0 Å². The minimum Gasteiger partial charge on any atom is -0.491 e. The van der Waals surface area contributed by atoms with Crippen LogP contribution in [0.3, 0.4) is 0 Å². The van der Waals surface area contributed by atoms with Crippen molar-refractivity contribution < 1.29 is 18.9 Å². The van der Waals surface area contributed by atoms with E-state index >= 15 is 0 Å². The minimum absolute atomic E-state index is 0.559. The fraction of sp³-hybridized carbons (Fsp3) is 0.739.